The van der Waals surface area contributed by atoms with Crippen LogP contribution in [0.25, 0.3) is 0 Å². The fraction of sp³-hybridized carbons (Fsp3) is 0.471. The standard InChI is InChI=1S/C17H22N8S/c1-3-16-23-24-17(26-16)21-15-9-13(19-11(2)20-15)14-5-4-8-25(14)10-12-6-7-18-22-12/h6-7,9,14H,3-5,8,10H2,1-2H3,(H,18,22)(H,19,20,21,24)/t14-/m1/s1. The molecule has 136 valence electrons. The number of hydrogen-bond acceptors (Lipinski definition) is 8. The zero-order chi connectivity index (χ0) is 17.9. The van der Waals surface area contributed by atoms with Crippen LogP contribution in [0, 0.1) is 6.92 Å². The summed E-state index contributed by atoms with van der Waals surface area (Å²) in [5.41, 5.74) is 2.18. The molecule has 0 amide bonds. The number of nitrogens with zero attached hydrogens (tertiary/aromatic N) is 6. The highest BCUT2D eigenvalue weighted by Gasteiger charge is 2.28. The third-order valence-corrected chi connectivity index (χ3v) is 5.48. The molecule has 8 nitrogen and oxygen atoms in total. The predicted molar refractivity (Wildman–Crippen MR) is 100 cm³/mol. The van der Waals surface area contributed by atoms with E-state index in [1.807, 2.05) is 19.1 Å². The molecular weight excluding hydrogens is 348 g/mol. The SMILES string of the molecule is CCc1nnc(Nc2cc([C@H]3CCCN3Cc3ccn[nH]3)nc(C)n2)s1. The molecule has 2 N–H and O–H groups in total. The molecular formula is C17H22N8S. The van der Waals surface area contributed by atoms with Crippen molar-refractivity contribution in [2.45, 2.75) is 45.7 Å². The number of H-pyrrole nitrogens is 1. The topological polar surface area (TPSA) is 95.5 Å². The largest absolute Gasteiger partial charge is 0.315 e. The molecule has 0 saturated carbocycles. The van der Waals surface area contributed by atoms with Crippen LogP contribution in [-0.2, 0) is 13.0 Å². The molecule has 3 aromatic rings. The van der Waals surface area contributed by atoms with E-state index in [2.05, 4.69) is 42.5 Å². The van der Waals surface area contributed by atoms with Crippen molar-refractivity contribution in [3.05, 3.63) is 40.5 Å². The maximum Gasteiger partial charge on any atom is 0.211 e. The van der Waals surface area contributed by atoms with Gasteiger partial charge in [0.25, 0.3) is 0 Å². The number of likely N-dealkylation sites (tertiary alicyclic amines) is 1. The Morgan fingerprint density at radius 1 is 1.35 bits per heavy atom. The van der Waals surface area contributed by atoms with Crippen LogP contribution in [0.1, 0.15) is 48.0 Å². The van der Waals surface area contributed by atoms with Gasteiger partial charge in [-0.1, -0.05) is 18.3 Å². The Balaban J connectivity index is 1.54. The van der Waals surface area contributed by atoms with E-state index in [0.717, 1.165) is 59.1 Å². The highest BCUT2D eigenvalue weighted by molar-refractivity contribution is 7.15. The quantitative estimate of drug-likeness (QED) is 0.688. The lowest BCUT2D eigenvalue weighted by Gasteiger charge is -2.23. The first kappa shape index (κ1) is 17.0. The minimum absolute atomic E-state index is 0.293. The number of anilines is 2. The molecule has 0 spiro atoms. The Bertz CT molecular complexity index is 860. The molecule has 9 heteroatoms. The summed E-state index contributed by atoms with van der Waals surface area (Å²) in [4.78, 5) is 11.7. The van der Waals surface area contributed by atoms with Gasteiger partial charge in [0, 0.05) is 24.5 Å². The maximum absolute atomic E-state index is 4.71. The minimum Gasteiger partial charge on any atom is -0.315 e. The van der Waals surface area contributed by atoms with E-state index in [1.54, 1.807) is 17.5 Å². The molecule has 1 saturated heterocycles. The highest BCUT2D eigenvalue weighted by Crippen LogP contribution is 2.33. The van der Waals surface area contributed by atoms with Gasteiger partial charge in [-0.25, -0.2) is 9.97 Å². The Morgan fingerprint density at radius 2 is 2.27 bits per heavy atom. The second-order valence-electron chi connectivity index (χ2n) is 6.42. The van der Waals surface area contributed by atoms with Crippen molar-refractivity contribution in [1.82, 2.24) is 35.3 Å². The minimum atomic E-state index is 0.293. The van der Waals surface area contributed by atoms with Gasteiger partial charge in [-0.05, 0) is 38.8 Å². The van der Waals surface area contributed by atoms with Crippen LogP contribution in [0.3, 0.4) is 0 Å². The van der Waals surface area contributed by atoms with Gasteiger partial charge in [0.05, 0.1) is 11.7 Å². The van der Waals surface area contributed by atoms with Crippen LogP contribution in [0.5, 0.6) is 0 Å². The van der Waals surface area contributed by atoms with Crippen LogP contribution in [-0.4, -0.2) is 41.8 Å². The summed E-state index contributed by atoms with van der Waals surface area (Å²) in [6.07, 6.45) is 4.95. The summed E-state index contributed by atoms with van der Waals surface area (Å²) in [5.74, 6) is 1.54. The van der Waals surface area contributed by atoms with E-state index in [4.69, 9.17) is 4.98 Å². The van der Waals surface area contributed by atoms with Crippen molar-refractivity contribution in [2.75, 3.05) is 11.9 Å². The fourth-order valence-electron chi connectivity index (χ4n) is 3.32. The molecule has 1 fully saturated rings. The van der Waals surface area contributed by atoms with E-state index in [1.165, 1.54) is 6.42 Å². The third kappa shape index (κ3) is 3.73. The van der Waals surface area contributed by atoms with E-state index < -0.39 is 0 Å². The highest BCUT2D eigenvalue weighted by atomic mass is 32.1. The van der Waals surface area contributed by atoms with Crippen LogP contribution >= 0.6 is 11.3 Å². The number of rotatable bonds is 6. The van der Waals surface area contributed by atoms with Crippen LogP contribution in [0.4, 0.5) is 10.9 Å². The summed E-state index contributed by atoms with van der Waals surface area (Å²) in [7, 11) is 0. The second-order valence-corrected chi connectivity index (χ2v) is 7.48. The Kier molecular flexibility index (Phi) is 4.89. The monoisotopic (exact) mass is 370 g/mol. The summed E-state index contributed by atoms with van der Waals surface area (Å²) in [6, 6.07) is 4.35. The zero-order valence-corrected chi connectivity index (χ0v) is 15.8. The van der Waals surface area contributed by atoms with E-state index >= 15 is 0 Å². The smallest absolute Gasteiger partial charge is 0.211 e. The van der Waals surface area contributed by atoms with Crippen molar-refractivity contribution < 1.29 is 0 Å². The van der Waals surface area contributed by atoms with Crippen molar-refractivity contribution >= 4 is 22.3 Å². The molecule has 1 aliphatic heterocycles. The normalized spacial score (nSPS) is 17.7. The molecule has 1 aliphatic rings. The van der Waals surface area contributed by atoms with Gasteiger partial charge < -0.3 is 5.32 Å². The Hall–Kier alpha value is -2.39. The number of aromatic amines is 1. The van der Waals surface area contributed by atoms with Gasteiger partial charge in [-0.2, -0.15) is 5.10 Å². The van der Waals surface area contributed by atoms with Gasteiger partial charge in [0.15, 0.2) is 0 Å². The van der Waals surface area contributed by atoms with Crippen molar-refractivity contribution in [3.8, 4) is 0 Å². The van der Waals surface area contributed by atoms with Gasteiger partial charge in [0.1, 0.15) is 16.6 Å². The summed E-state index contributed by atoms with van der Waals surface area (Å²) < 4.78 is 0. The first-order chi connectivity index (χ1) is 12.7. The fourth-order valence-corrected chi connectivity index (χ4v) is 4.01. The van der Waals surface area contributed by atoms with Gasteiger partial charge in [-0.3, -0.25) is 10.00 Å². The number of hydrogen-bond donors (Lipinski definition) is 2. The molecule has 4 heterocycles. The predicted octanol–water partition coefficient (Wildman–Crippen LogP) is 3.00. The first-order valence-electron chi connectivity index (χ1n) is 8.88. The molecule has 4 rings (SSSR count). The number of aromatic nitrogens is 6. The molecule has 3 aromatic heterocycles. The molecule has 0 aromatic carbocycles. The molecule has 26 heavy (non-hydrogen) atoms. The zero-order valence-electron chi connectivity index (χ0n) is 14.9. The van der Waals surface area contributed by atoms with Gasteiger partial charge in [0.2, 0.25) is 5.13 Å². The lowest BCUT2D eigenvalue weighted by molar-refractivity contribution is 0.241. The summed E-state index contributed by atoms with van der Waals surface area (Å²) in [5, 5.41) is 20.5. The van der Waals surface area contributed by atoms with Crippen molar-refractivity contribution in [3.63, 3.8) is 0 Å². The first-order valence-corrected chi connectivity index (χ1v) is 9.70. The third-order valence-electron chi connectivity index (χ3n) is 4.50. The van der Waals surface area contributed by atoms with Crippen molar-refractivity contribution in [2.24, 2.45) is 0 Å². The molecule has 0 radical (unpaired) electrons. The Labute approximate surface area is 156 Å². The van der Waals surface area contributed by atoms with Crippen LogP contribution in [0.15, 0.2) is 18.3 Å². The number of aryl methyl sites for hydroxylation is 2. The molecule has 1 atom stereocenters. The van der Waals surface area contributed by atoms with Gasteiger partial charge >= 0.3 is 0 Å². The van der Waals surface area contributed by atoms with Crippen LogP contribution < -0.4 is 5.32 Å². The Morgan fingerprint density at radius 3 is 3.04 bits per heavy atom. The number of nitrogens with one attached hydrogen (secondary N) is 2. The van der Waals surface area contributed by atoms with E-state index in [9.17, 15) is 0 Å². The van der Waals surface area contributed by atoms with E-state index in [0.29, 0.717) is 6.04 Å². The molecule has 0 bridgehead atoms. The molecule has 0 aliphatic carbocycles. The lowest BCUT2D eigenvalue weighted by atomic mass is 10.1. The van der Waals surface area contributed by atoms with Crippen molar-refractivity contribution in [1.29, 1.82) is 0 Å². The lowest BCUT2D eigenvalue weighted by Crippen LogP contribution is -2.24. The van der Waals surface area contributed by atoms with Gasteiger partial charge in [-0.15, -0.1) is 10.2 Å². The average Bonchev–Trinajstić information content (AvgIpc) is 3.36. The van der Waals surface area contributed by atoms with E-state index in [-0.39, 0.29) is 0 Å². The summed E-state index contributed by atoms with van der Waals surface area (Å²) >= 11 is 1.56. The average molecular weight is 370 g/mol. The second kappa shape index (κ2) is 7.46. The summed E-state index contributed by atoms with van der Waals surface area (Å²) in [6.45, 7) is 5.92. The van der Waals surface area contributed by atoms with Crippen LogP contribution in [0.2, 0.25) is 0 Å². The molecule has 0 unspecified atom stereocenters. The maximum atomic E-state index is 4.71.